The highest BCUT2D eigenvalue weighted by atomic mass is 16.5. The molecule has 1 aromatic heterocycles. The number of hydrogen-bond acceptors (Lipinski definition) is 5. The van der Waals surface area contributed by atoms with Crippen LogP contribution in [-0.2, 0) is 16.1 Å². The first-order chi connectivity index (χ1) is 19.5. The second-order valence-corrected chi connectivity index (χ2v) is 12.4. The van der Waals surface area contributed by atoms with Crippen molar-refractivity contribution in [1.29, 1.82) is 0 Å². The molecule has 0 radical (unpaired) electrons. The van der Waals surface area contributed by atoms with E-state index in [-0.39, 0.29) is 5.91 Å². The van der Waals surface area contributed by atoms with E-state index in [9.17, 15) is 14.7 Å². The molecule has 5 rings (SSSR count). The largest absolute Gasteiger partial charge is 0.479 e. The number of nitrogens with one attached hydrogen (secondary N) is 1. The van der Waals surface area contributed by atoms with Gasteiger partial charge in [0, 0.05) is 47.7 Å². The van der Waals surface area contributed by atoms with Gasteiger partial charge in [0.25, 0.3) is 5.91 Å². The Hall–Kier alpha value is -3.71. The van der Waals surface area contributed by atoms with Gasteiger partial charge in [0.2, 0.25) is 0 Å². The van der Waals surface area contributed by atoms with E-state index in [1.54, 1.807) is 0 Å². The maximum absolute atomic E-state index is 12.9. The SMILES string of the molecule is Cc1nc(C)c(C(OC(C)(C)C)C(=O)O)c(N2CCC(C3CC3)C2)c1-c1ccc(C(=O)NCc2ccccc2)cc1. The predicted molar refractivity (Wildman–Crippen MR) is 161 cm³/mol. The van der Waals surface area contributed by atoms with Gasteiger partial charge in [0.05, 0.1) is 11.3 Å². The van der Waals surface area contributed by atoms with Crippen molar-refractivity contribution in [3.05, 3.63) is 82.7 Å². The number of rotatable bonds is 9. The Morgan fingerprint density at radius 3 is 2.29 bits per heavy atom. The van der Waals surface area contributed by atoms with E-state index in [4.69, 9.17) is 9.72 Å². The minimum absolute atomic E-state index is 0.142. The van der Waals surface area contributed by atoms with E-state index >= 15 is 0 Å². The van der Waals surface area contributed by atoms with Crippen LogP contribution in [0.3, 0.4) is 0 Å². The van der Waals surface area contributed by atoms with Crippen molar-refractivity contribution in [3.8, 4) is 11.1 Å². The summed E-state index contributed by atoms with van der Waals surface area (Å²) in [6, 6.07) is 17.4. The van der Waals surface area contributed by atoms with Crippen LogP contribution < -0.4 is 10.2 Å². The average Bonchev–Trinajstić information content (AvgIpc) is 3.67. The smallest absolute Gasteiger partial charge is 0.337 e. The van der Waals surface area contributed by atoms with Crippen molar-refractivity contribution < 1.29 is 19.4 Å². The Labute approximate surface area is 242 Å². The van der Waals surface area contributed by atoms with E-state index in [1.807, 2.05) is 89.2 Å². The van der Waals surface area contributed by atoms with Crippen molar-refractivity contribution in [2.45, 2.75) is 72.1 Å². The molecule has 2 aliphatic rings. The van der Waals surface area contributed by atoms with Gasteiger partial charge in [0.15, 0.2) is 6.10 Å². The Balaban J connectivity index is 1.53. The number of carboxylic acids is 1. The molecule has 0 spiro atoms. The van der Waals surface area contributed by atoms with Crippen molar-refractivity contribution in [3.63, 3.8) is 0 Å². The number of anilines is 1. The van der Waals surface area contributed by atoms with Gasteiger partial charge >= 0.3 is 5.97 Å². The molecule has 0 bridgehead atoms. The minimum atomic E-state index is -1.15. The second kappa shape index (κ2) is 11.6. The maximum Gasteiger partial charge on any atom is 0.337 e. The fraction of sp³-hybridized carbons (Fsp3) is 0.441. The number of aliphatic carboxylic acids is 1. The molecule has 2 unspecified atom stereocenters. The Morgan fingerprint density at radius 2 is 1.68 bits per heavy atom. The molecule has 2 aromatic carbocycles. The van der Waals surface area contributed by atoms with Crippen LogP contribution in [0.15, 0.2) is 54.6 Å². The fourth-order valence-corrected chi connectivity index (χ4v) is 6.03. The monoisotopic (exact) mass is 555 g/mol. The molecule has 2 fully saturated rings. The molecule has 41 heavy (non-hydrogen) atoms. The van der Waals surface area contributed by atoms with Crippen molar-refractivity contribution in [2.75, 3.05) is 18.0 Å². The third kappa shape index (κ3) is 6.62. The number of benzene rings is 2. The molecule has 1 aliphatic heterocycles. The number of carbonyl (C=O) groups is 2. The van der Waals surface area contributed by atoms with Crippen molar-refractivity contribution in [1.82, 2.24) is 10.3 Å². The van der Waals surface area contributed by atoms with Gasteiger partial charge in [-0.25, -0.2) is 4.79 Å². The number of aryl methyl sites for hydroxylation is 2. The zero-order chi connectivity index (χ0) is 29.3. The number of hydrogen-bond donors (Lipinski definition) is 2. The van der Waals surface area contributed by atoms with Crippen LogP contribution in [-0.4, -0.2) is 40.7 Å². The van der Waals surface area contributed by atoms with Crippen LogP contribution >= 0.6 is 0 Å². The third-order valence-corrected chi connectivity index (χ3v) is 8.10. The Bertz CT molecular complexity index is 1410. The van der Waals surface area contributed by atoms with Gasteiger partial charge in [-0.15, -0.1) is 0 Å². The Morgan fingerprint density at radius 1 is 1.00 bits per heavy atom. The minimum Gasteiger partial charge on any atom is -0.479 e. The quantitative estimate of drug-likeness (QED) is 0.314. The first-order valence-corrected chi connectivity index (χ1v) is 14.6. The van der Waals surface area contributed by atoms with E-state index in [2.05, 4.69) is 10.2 Å². The lowest BCUT2D eigenvalue weighted by Gasteiger charge is -2.32. The molecule has 7 nitrogen and oxygen atoms in total. The Kier molecular flexibility index (Phi) is 8.18. The number of amides is 1. The third-order valence-electron chi connectivity index (χ3n) is 8.10. The summed E-state index contributed by atoms with van der Waals surface area (Å²) in [5.41, 5.74) is 5.78. The maximum atomic E-state index is 12.9. The van der Waals surface area contributed by atoms with Gasteiger partial charge in [0.1, 0.15) is 0 Å². The zero-order valence-corrected chi connectivity index (χ0v) is 24.7. The second-order valence-electron chi connectivity index (χ2n) is 12.4. The number of ether oxygens (including phenoxy) is 1. The van der Waals surface area contributed by atoms with Gasteiger partial charge in [-0.05, 0) is 89.0 Å². The van der Waals surface area contributed by atoms with E-state index in [0.29, 0.717) is 29.3 Å². The molecule has 1 amide bonds. The van der Waals surface area contributed by atoms with Gasteiger partial charge in [-0.3, -0.25) is 9.78 Å². The summed E-state index contributed by atoms with van der Waals surface area (Å²) in [6.07, 6.45) is 2.51. The number of pyridine rings is 1. The van der Waals surface area contributed by atoms with Crippen LogP contribution in [0.2, 0.25) is 0 Å². The summed E-state index contributed by atoms with van der Waals surface area (Å²) in [6.45, 7) is 11.7. The zero-order valence-electron chi connectivity index (χ0n) is 24.7. The molecule has 2 atom stereocenters. The lowest BCUT2D eigenvalue weighted by Crippen LogP contribution is -2.31. The van der Waals surface area contributed by atoms with Gasteiger partial charge < -0.3 is 20.1 Å². The highest BCUT2D eigenvalue weighted by molar-refractivity contribution is 5.95. The summed E-state index contributed by atoms with van der Waals surface area (Å²) in [5.74, 6) is 0.221. The molecule has 1 aliphatic carbocycles. The van der Waals surface area contributed by atoms with Crippen LogP contribution in [0, 0.1) is 25.7 Å². The number of carbonyl (C=O) groups excluding carboxylic acids is 1. The number of carboxylic acid groups (broad SMARTS) is 1. The van der Waals surface area contributed by atoms with Gasteiger partial charge in [-0.2, -0.15) is 0 Å². The first kappa shape index (κ1) is 28.8. The highest BCUT2D eigenvalue weighted by Gasteiger charge is 2.40. The molecule has 7 heteroatoms. The summed E-state index contributed by atoms with van der Waals surface area (Å²) < 4.78 is 6.18. The predicted octanol–water partition coefficient (Wildman–Crippen LogP) is 6.47. The summed E-state index contributed by atoms with van der Waals surface area (Å²) >= 11 is 0. The molecule has 2 heterocycles. The van der Waals surface area contributed by atoms with E-state index in [0.717, 1.165) is 53.5 Å². The molecule has 2 N–H and O–H groups in total. The summed E-state index contributed by atoms with van der Waals surface area (Å²) in [5, 5.41) is 13.4. The van der Waals surface area contributed by atoms with Crippen LogP contribution in [0.25, 0.3) is 11.1 Å². The number of aromatic nitrogens is 1. The topological polar surface area (TPSA) is 91.8 Å². The molecule has 3 aromatic rings. The van der Waals surface area contributed by atoms with Crippen LogP contribution in [0.1, 0.15) is 79.0 Å². The average molecular weight is 556 g/mol. The molecule has 216 valence electrons. The molecule has 1 saturated carbocycles. The van der Waals surface area contributed by atoms with Crippen LogP contribution in [0.5, 0.6) is 0 Å². The fourth-order valence-electron chi connectivity index (χ4n) is 6.03. The van der Waals surface area contributed by atoms with Crippen molar-refractivity contribution in [2.24, 2.45) is 11.8 Å². The van der Waals surface area contributed by atoms with E-state index < -0.39 is 17.7 Å². The molecular weight excluding hydrogens is 514 g/mol. The lowest BCUT2D eigenvalue weighted by atomic mass is 9.93. The molecular formula is C34H41N3O4. The number of nitrogens with zero attached hydrogens (tertiary/aromatic N) is 2. The lowest BCUT2D eigenvalue weighted by molar-refractivity contribution is -0.160. The first-order valence-electron chi connectivity index (χ1n) is 14.6. The summed E-state index contributed by atoms with van der Waals surface area (Å²) in [4.78, 5) is 32.8. The normalized spacial score (nSPS) is 17.9. The molecule has 1 saturated heterocycles. The van der Waals surface area contributed by atoms with Gasteiger partial charge in [-0.1, -0.05) is 42.5 Å². The summed E-state index contributed by atoms with van der Waals surface area (Å²) in [7, 11) is 0. The van der Waals surface area contributed by atoms with E-state index in [1.165, 1.54) is 12.8 Å². The highest BCUT2D eigenvalue weighted by Crippen LogP contribution is 2.47. The van der Waals surface area contributed by atoms with Crippen LogP contribution in [0.4, 0.5) is 5.69 Å². The standard InChI is InChI=1S/C34H41N3O4/c1-21-28(25-13-15-26(16-14-25)32(38)35-19-23-9-7-6-8-10-23)30(37-18-17-27(20-37)24-11-12-24)29(22(2)36-21)31(33(39)40)41-34(3,4)5/h6-10,13-16,24,27,31H,11-12,17-20H2,1-5H3,(H,35,38)(H,39,40). The van der Waals surface area contributed by atoms with Crippen molar-refractivity contribution >= 4 is 17.6 Å².